The third kappa shape index (κ3) is 5.54. The Hall–Kier alpha value is -3.34. The number of carbonyl (C=O) groups excluding carboxylic acids is 1. The Morgan fingerprint density at radius 1 is 1.30 bits per heavy atom. The number of halogens is 2. The van der Waals surface area contributed by atoms with Gasteiger partial charge in [-0.15, -0.1) is 0 Å². The molecule has 0 amide bonds. The second-order valence-corrected chi connectivity index (χ2v) is 7.60. The molecular formula is C22H21ClFN5O4. The SMILES string of the molecule is O=CCC(O)c1cc(-c2ccc(/C=N\Nc3ncc(F)c(N4CCOCC4)n3)o2)ccc1Cl. The summed E-state index contributed by atoms with van der Waals surface area (Å²) < 4.78 is 25.2. The molecule has 0 aliphatic carbocycles. The van der Waals surface area contributed by atoms with Crippen LogP contribution in [0.4, 0.5) is 16.2 Å². The van der Waals surface area contributed by atoms with Gasteiger partial charge in [-0.1, -0.05) is 11.6 Å². The first-order valence-corrected chi connectivity index (χ1v) is 10.6. The molecule has 33 heavy (non-hydrogen) atoms. The van der Waals surface area contributed by atoms with E-state index in [1.54, 1.807) is 35.2 Å². The van der Waals surface area contributed by atoms with E-state index in [4.69, 9.17) is 20.8 Å². The van der Waals surface area contributed by atoms with Crippen LogP contribution in [0, 0.1) is 5.82 Å². The van der Waals surface area contributed by atoms with E-state index in [0.717, 1.165) is 6.20 Å². The van der Waals surface area contributed by atoms with E-state index < -0.39 is 11.9 Å². The van der Waals surface area contributed by atoms with Crippen LogP contribution in [0.25, 0.3) is 11.3 Å². The quantitative estimate of drug-likeness (QED) is 0.290. The van der Waals surface area contributed by atoms with Crippen LogP contribution in [-0.2, 0) is 9.53 Å². The van der Waals surface area contributed by atoms with Crippen molar-refractivity contribution >= 4 is 35.9 Å². The summed E-state index contributed by atoms with van der Waals surface area (Å²) in [7, 11) is 0. The molecule has 11 heteroatoms. The highest BCUT2D eigenvalue weighted by Crippen LogP contribution is 2.31. The van der Waals surface area contributed by atoms with Crippen molar-refractivity contribution < 1.29 is 23.4 Å². The lowest BCUT2D eigenvalue weighted by molar-refractivity contribution is -0.109. The Morgan fingerprint density at radius 2 is 2.12 bits per heavy atom. The predicted octanol–water partition coefficient (Wildman–Crippen LogP) is 3.43. The zero-order valence-corrected chi connectivity index (χ0v) is 18.2. The Morgan fingerprint density at radius 3 is 2.91 bits per heavy atom. The Kier molecular flexibility index (Phi) is 7.28. The van der Waals surface area contributed by atoms with Crippen molar-refractivity contribution in [1.82, 2.24) is 9.97 Å². The van der Waals surface area contributed by atoms with Gasteiger partial charge >= 0.3 is 0 Å². The number of ether oxygens (including phenoxy) is 1. The standard InChI is InChI=1S/C22H21ClFN5O4/c23-17-3-1-14(11-16(17)19(31)5-8-30)20-4-2-15(33-20)12-26-28-22-25-13-18(24)21(27-22)29-6-9-32-10-7-29/h1-4,8,11-13,19,31H,5-7,9-10H2,(H,25,27,28)/b26-12-. The Bertz CT molecular complexity index is 1150. The minimum absolute atomic E-state index is 0.0520. The molecule has 0 spiro atoms. The number of hydrazone groups is 1. The number of morpholine rings is 1. The molecule has 4 rings (SSSR count). The van der Waals surface area contributed by atoms with Gasteiger partial charge in [-0.2, -0.15) is 10.1 Å². The summed E-state index contributed by atoms with van der Waals surface area (Å²) in [5.74, 6) is 0.801. The van der Waals surface area contributed by atoms with Crippen LogP contribution in [0.1, 0.15) is 23.8 Å². The van der Waals surface area contributed by atoms with Gasteiger partial charge in [0.2, 0.25) is 5.95 Å². The van der Waals surface area contributed by atoms with Crippen LogP contribution >= 0.6 is 11.6 Å². The second kappa shape index (κ2) is 10.5. The van der Waals surface area contributed by atoms with Crippen molar-refractivity contribution in [2.24, 2.45) is 5.10 Å². The van der Waals surface area contributed by atoms with Gasteiger partial charge in [0.25, 0.3) is 0 Å². The van der Waals surface area contributed by atoms with E-state index in [1.165, 1.54) is 6.21 Å². The van der Waals surface area contributed by atoms with Crippen molar-refractivity contribution in [1.29, 1.82) is 0 Å². The minimum Gasteiger partial charge on any atom is -0.455 e. The summed E-state index contributed by atoms with van der Waals surface area (Å²) >= 11 is 6.14. The van der Waals surface area contributed by atoms with Gasteiger partial charge in [0.15, 0.2) is 11.6 Å². The van der Waals surface area contributed by atoms with Gasteiger partial charge in [0.1, 0.15) is 17.8 Å². The number of aldehydes is 1. The summed E-state index contributed by atoms with van der Waals surface area (Å²) in [4.78, 5) is 20.6. The summed E-state index contributed by atoms with van der Waals surface area (Å²) in [6.07, 6.45) is 2.12. The molecule has 9 nitrogen and oxygen atoms in total. The number of nitrogens with one attached hydrogen (secondary N) is 1. The average Bonchev–Trinajstić information content (AvgIpc) is 3.30. The first kappa shape index (κ1) is 22.8. The van der Waals surface area contributed by atoms with Crippen molar-refractivity contribution in [2.45, 2.75) is 12.5 Å². The highest BCUT2D eigenvalue weighted by atomic mass is 35.5. The molecule has 2 aromatic heterocycles. The van der Waals surface area contributed by atoms with E-state index in [1.807, 2.05) is 0 Å². The van der Waals surface area contributed by atoms with Gasteiger partial charge in [0, 0.05) is 35.7 Å². The normalized spacial score (nSPS) is 15.1. The van der Waals surface area contributed by atoms with E-state index in [9.17, 15) is 14.3 Å². The molecule has 0 saturated carbocycles. The second-order valence-electron chi connectivity index (χ2n) is 7.19. The number of anilines is 2. The number of benzene rings is 1. The molecule has 1 aromatic carbocycles. The minimum atomic E-state index is -0.992. The first-order valence-electron chi connectivity index (χ1n) is 10.2. The van der Waals surface area contributed by atoms with Crippen LogP contribution < -0.4 is 10.3 Å². The molecule has 0 radical (unpaired) electrons. The number of hydrogen-bond acceptors (Lipinski definition) is 9. The average molecular weight is 474 g/mol. The number of hydrogen-bond donors (Lipinski definition) is 2. The van der Waals surface area contributed by atoms with Gasteiger partial charge in [-0.25, -0.2) is 14.8 Å². The van der Waals surface area contributed by atoms with Gasteiger partial charge < -0.3 is 24.0 Å². The number of aliphatic hydroxyl groups excluding tert-OH is 1. The van der Waals surface area contributed by atoms with E-state index in [-0.39, 0.29) is 18.2 Å². The number of furan rings is 1. The largest absolute Gasteiger partial charge is 0.455 e. The fourth-order valence-corrected chi connectivity index (χ4v) is 3.55. The molecule has 3 heterocycles. The first-order chi connectivity index (χ1) is 16.0. The fourth-order valence-electron chi connectivity index (χ4n) is 3.31. The van der Waals surface area contributed by atoms with Crippen molar-refractivity contribution in [3.63, 3.8) is 0 Å². The summed E-state index contributed by atoms with van der Waals surface area (Å²) in [6, 6.07) is 8.51. The number of aromatic nitrogens is 2. The molecule has 3 aromatic rings. The lowest BCUT2D eigenvalue weighted by Gasteiger charge is -2.27. The molecule has 1 aliphatic heterocycles. The molecule has 1 saturated heterocycles. The maximum absolute atomic E-state index is 14.1. The zero-order valence-electron chi connectivity index (χ0n) is 17.4. The van der Waals surface area contributed by atoms with Crippen molar-refractivity contribution in [3.8, 4) is 11.3 Å². The number of carbonyl (C=O) groups is 1. The fraction of sp³-hybridized carbons (Fsp3) is 0.273. The summed E-state index contributed by atoms with van der Waals surface area (Å²) in [6.45, 7) is 2.11. The van der Waals surface area contributed by atoms with E-state index in [0.29, 0.717) is 60.3 Å². The van der Waals surface area contributed by atoms with Crippen LogP contribution in [0.2, 0.25) is 5.02 Å². The molecular weight excluding hydrogens is 453 g/mol. The molecule has 172 valence electrons. The van der Waals surface area contributed by atoms with E-state index in [2.05, 4.69) is 20.5 Å². The van der Waals surface area contributed by atoms with Crippen molar-refractivity contribution in [2.75, 3.05) is 36.6 Å². The molecule has 1 unspecified atom stereocenters. The predicted molar refractivity (Wildman–Crippen MR) is 121 cm³/mol. The molecule has 1 atom stereocenters. The Balaban J connectivity index is 1.45. The van der Waals surface area contributed by atoms with Gasteiger partial charge in [-0.3, -0.25) is 0 Å². The topological polar surface area (TPSA) is 113 Å². The van der Waals surface area contributed by atoms with Crippen molar-refractivity contribution in [3.05, 3.63) is 58.7 Å². The van der Waals surface area contributed by atoms with Gasteiger partial charge in [-0.05, 0) is 30.3 Å². The highest BCUT2D eigenvalue weighted by Gasteiger charge is 2.18. The zero-order chi connectivity index (χ0) is 23.2. The van der Waals surface area contributed by atoms with Crippen LogP contribution in [-0.4, -0.2) is 53.9 Å². The van der Waals surface area contributed by atoms with Crippen LogP contribution in [0.5, 0.6) is 0 Å². The molecule has 2 N–H and O–H groups in total. The Labute approximate surface area is 193 Å². The monoisotopic (exact) mass is 473 g/mol. The molecule has 0 bridgehead atoms. The maximum Gasteiger partial charge on any atom is 0.245 e. The number of nitrogens with zero attached hydrogens (tertiary/aromatic N) is 4. The third-order valence-electron chi connectivity index (χ3n) is 4.98. The molecule has 1 aliphatic rings. The summed E-state index contributed by atoms with van der Waals surface area (Å²) in [5, 5.41) is 14.5. The van der Waals surface area contributed by atoms with Gasteiger partial charge in [0.05, 0.1) is 31.7 Å². The molecule has 1 fully saturated rings. The number of aliphatic hydroxyl groups is 1. The smallest absolute Gasteiger partial charge is 0.245 e. The highest BCUT2D eigenvalue weighted by molar-refractivity contribution is 6.31. The third-order valence-corrected chi connectivity index (χ3v) is 5.32. The number of rotatable bonds is 8. The van der Waals surface area contributed by atoms with Crippen LogP contribution in [0.3, 0.4) is 0 Å². The summed E-state index contributed by atoms with van der Waals surface area (Å²) in [5.41, 5.74) is 3.80. The lowest BCUT2D eigenvalue weighted by atomic mass is 10.0. The van der Waals surface area contributed by atoms with Crippen LogP contribution in [0.15, 0.2) is 46.0 Å². The lowest BCUT2D eigenvalue weighted by Crippen LogP contribution is -2.37. The maximum atomic E-state index is 14.1. The van der Waals surface area contributed by atoms with E-state index >= 15 is 0 Å².